The molecule has 0 radical (unpaired) electrons. The van der Waals surface area contributed by atoms with Gasteiger partial charge in [0.1, 0.15) is 0 Å². The van der Waals surface area contributed by atoms with Gasteiger partial charge in [0.15, 0.2) is 12.4 Å². The average molecular weight is 253 g/mol. The van der Waals surface area contributed by atoms with E-state index in [1.807, 2.05) is 30.3 Å². The third kappa shape index (κ3) is 1.85. The Bertz CT molecular complexity index is 824. The summed E-state index contributed by atoms with van der Waals surface area (Å²) in [6.45, 7) is 0. The molecule has 5 nitrogen and oxygen atoms in total. The third-order valence-electron chi connectivity index (χ3n) is 3.02. The first-order valence-electron chi connectivity index (χ1n) is 5.80. The van der Waals surface area contributed by atoms with Crippen LogP contribution in [0.25, 0.3) is 16.5 Å². The van der Waals surface area contributed by atoms with Crippen LogP contribution in [0.1, 0.15) is 0 Å². The molecule has 3 rings (SSSR count). The molecule has 2 aromatic heterocycles. The lowest BCUT2D eigenvalue weighted by atomic mass is 10.2. The summed E-state index contributed by atoms with van der Waals surface area (Å²) in [4.78, 5) is 15.7. The molecule has 0 N–H and O–H groups in total. The first-order valence-corrected chi connectivity index (χ1v) is 5.80. The second-order valence-electron chi connectivity index (χ2n) is 4.30. The molecule has 3 aromatic rings. The van der Waals surface area contributed by atoms with Crippen molar-refractivity contribution in [1.29, 1.82) is 0 Å². The van der Waals surface area contributed by atoms with Gasteiger partial charge in [0.25, 0.3) is 5.69 Å². The molecule has 0 unspecified atom stereocenters. The second kappa shape index (κ2) is 4.20. The van der Waals surface area contributed by atoms with Crippen molar-refractivity contribution in [2.75, 3.05) is 0 Å². The van der Waals surface area contributed by atoms with Gasteiger partial charge in [0, 0.05) is 18.5 Å². The van der Waals surface area contributed by atoms with Crippen molar-refractivity contribution in [2.45, 2.75) is 0 Å². The Hall–Kier alpha value is -2.69. The number of nitrogens with zero attached hydrogens (tertiary/aromatic N) is 3. The van der Waals surface area contributed by atoms with Crippen LogP contribution in [-0.4, -0.2) is 9.55 Å². The van der Waals surface area contributed by atoms with Crippen LogP contribution in [0.15, 0.2) is 53.8 Å². The Labute approximate surface area is 109 Å². The number of benzene rings is 1. The highest BCUT2D eigenvalue weighted by Crippen LogP contribution is 2.11. The fourth-order valence-corrected chi connectivity index (χ4v) is 2.00. The van der Waals surface area contributed by atoms with Crippen LogP contribution in [0, 0.1) is 0 Å². The molecule has 0 saturated carbocycles. The summed E-state index contributed by atoms with van der Waals surface area (Å²) >= 11 is 0. The molecule has 5 heteroatoms. The van der Waals surface area contributed by atoms with Crippen molar-refractivity contribution in [2.24, 2.45) is 7.05 Å². The summed E-state index contributed by atoms with van der Waals surface area (Å²) in [5.74, 6) is -0.525. The predicted octanol–water partition coefficient (Wildman–Crippen LogP) is 0.284. The summed E-state index contributed by atoms with van der Waals surface area (Å²) in [5.41, 5.74) is -0.323. The topological polar surface area (TPSA) is 61.8 Å². The number of hydrogen-bond acceptors (Lipinski definition) is 3. The second-order valence-corrected chi connectivity index (χ2v) is 4.30. The Morgan fingerprint density at radius 3 is 2.74 bits per heavy atom. The minimum Gasteiger partial charge on any atom is -0.854 e. The molecule has 0 saturated heterocycles. The van der Waals surface area contributed by atoms with E-state index in [1.165, 1.54) is 15.5 Å². The molecule has 0 fully saturated rings. The smallest absolute Gasteiger partial charge is 0.325 e. The normalized spacial score (nSPS) is 10.8. The van der Waals surface area contributed by atoms with Gasteiger partial charge in [-0.15, -0.1) is 0 Å². The van der Waals surface area contributed by atoms with E-state index in [0.717, 1.165) is 10.8 Å². The van der Waals surface area contributed by atoms with Gasteiger partial charge in [-0.05, 0) is 11.5 Å². The number of aromatic nitrogens is 3. The van der Waals surface area contributed by atoms with Gasteiger partial charge in [-0.3, -0.25) is 9.36 Å². The molecule has 19 heavy (non-hydrogen) atoms. The molecule has 0 aliphatic carbocycles. The van der Waals surface area contributed by atoms with Crippen LogP contribution in [-0.2, 0) is 7.05 Å². The molecule has 0 spiro atoms. The van der Waals surface area contributed by atoms with E-state index in [-0.39, 0.29) is 11.2 Å². The van der Waals surface area contributed by atoms with E-state index < -0.39 is 5.88 Å². The Morgan fingerprint density at radius 2 is 1.95 bits per heavy atom. The van der Waals surface area contributed by atoms with Crippen molar-refractivity contribution in [3.05, 3.63) is 59.4 Å². The fraction of sp³-hybridized carbons (Fsp3) is 0.0714. The molecule has 0 aliphatic heterocycles. The Morgan fingerprint density at radius 1 is 1.21 bits per heavy atom. The number of hydrogen-bond donors (Lipinski definition) is 0. The van der Waals surface area contributed by atoms with Gasteiger partial charge in [-0.25, -0.2) is 4.98 Å². The van der Waals surface area contributed by atoms with Crippen molar-refractivity contribution in [1.82, 2.24) is 9.55 Å². The molecular weight excluding hydrogens is 242 g/mol. The zero-order valence-corrected chi connectivity index (χ0v) is 10.3. The first kappa shape index (κ1) is 11.4. The predicted molar refractivity (Wildman–Crippen MR) is 68.0 cm³/mol. The molecule has 2 heterocycles. The minimum absolute atomic E-state index is 0.0377. The molecular formula is C14H11N3O2. The van der Waals surface area contributed by atoms with Crippen molar-refractivity contribution < 1.29 is 9.67 Å². The maximum absolute atomic E-state index is 12.0. The highest BCUT2D eigenvalue weighted by atomic mass is 16.3. The lowest BCUT2D eigenvalue weighted by Gasteiger charge is -2.07. The zero-order chi connectivity index (χ0) is 13.4. The fourth-order valence-electron chi connectivity index (χ4n) is 2.00. The van der Waals surface area contributed by atoms with E-state index in [0.29, 0.717) is 0 Å². The van der Waals surface area contributed by atoms with E-state index in [1.54, 1.807) is 19.4 Å². The minimum atomic E-state index is -0.525. The van der Waals surface area contributed by atoms with Crippen LogP contribution in [0.3, 0.4) is 0 Å². The lowest BCUT2D eigenvalue weighted by molar-refractivity contribution is -0.600. The van der Waals surface area contributed by atoms with Gasteiger partial charge in [0.05, 0.1) is 12.2 Å². The quantitative estimate of drug-likeness (QED) is 0.585. The summed E-state index contributed by atoms with van der Waals surface area (Å²) < 4.78 is 2.82. The number of fused-ring (bicyclic) bond motifs is 1. The standard InChI is InChI=1S/C14H11N3O2/c1-16-9-15-13(18)12(14(16)19)17-7-6-10-4-2-3-5-11(10)8-17/h2-9H,1H3. The number of aryl methyl sites for hydroxylation is 1. The van der Waals surface area contributed by atoms with Gasteiger partial charge in [-0.1, -0.05) is 18.2 Å². The lowest BCUT2D eigenvalue weighted by Crippen LogP contribution is -2.40. The summed E-state index contributed by atoms with van der Waals surface area (Å²) in [5, 5.41) is 13.8. The maximum Gasteiger partial charge on any atom is 0.325 e. The molecule has 0 amide bonds. The van der Waals surface area contributed by atoms with Crippen molar-refractivity contribution in [3.8, 4) is 11.6 Å². The molecule has 1 aromatic carbocycles. The SMILES string of the molecule is Cn1cnc([O-])c(-[n+]2ccc3ccccc3c2)c1=O. The highest BCUT2D eigenvalue weighted by molar-refractivity contribution is 5.80. The van der Waals surface area contributed by atoms with Crippen LogP contribution in [0.5, 0.6) is 5.88 Å². The molecule has 0 atom stereocenters. The average Bonchev–Trinajstić information content (AvgIpc) is 2.43. The van der Waals surface area contributed by atoms with Crippen LogP contribution in [0.2, 0.25) is 0 Å². The summed E-state index contributed by atoms with van der Waals surface area (Å²) in [6.07, 6.45) is 4.69. The zero-order valence-electron chi connectivity index (χ0n) is 10.3. The van der Waals surface area contributed by atoms with Crippen LogP contribution in [0.4, 0.5) is 0 Å². The largest absolute Gasteiger partial charge is 0.854 e. The maximum atomic E-state index is 12.0. The van der Waals surface area contributed by atoms with Crippen LogP contribution >= 0.6 is 0 Å². The van der Waals surface area contributed by atoms with Gasteiger partial charge < -0.3 is 5.11 Å². The van der Waals surface area contributed by atoms with Gasteiger partial charge >= 0.3 is 5.56 Å². The van der Waals surface area contributed by atoms with E-state index in [2.05, 4.69) is 4.98 Å². The molecule has 94 valence electrons. The van der Waals surface area contributed by atoms with Crippen LogP contribution < -0.4 is 15.2 Å². The van der Waals surface area contributed by atoms with Gasteiger partial charge in [0.2, 0.25) is 0 Å². The van der Waals surface area contributed by atoms with Gasteiger partial charge in [-0.2, -0.15) is 4.57 Å². The summed E-state index contributed by atoms with van der Waals surface area (Å²) in [6, 6.07) is 9.61. The Balaban J connectivity index is 2.31. The molecule has 0 bridgehead atoms. The first-order chi connectivity index (χ1) is 9.16. The van der Waals surface area contributed by atoms with E-state index >= 15 is 0 Å². The molecule has 0 aliphatic rings. The summed E-state index contributed by atoms with van der Waals surface area (Å²) in [7, 11) is 1.57. The van der Waals surface area contributed by atoms with E-state index in [4.69, 9.17) is 0 Å². The third-order valence-corrected chi connectivity index (χ3v) is 3.02. The highest BCUT2D eigenvalue weighted by Gasteiger charge is 2.15. The number of rotatable bonds is 1. The van der Waals surface area contributed by atoms with Crippen molar-refractivity contribution >= 4 is 10.8 Å². The number of pyridine rings is 1. The Kier molecular flexibility index (Phi) is 2.52. The van der Waals surface area contributed by atoms with E-state index in [9.17, 15) is 9.90 Å². The monoisotopic (exact) mass is 253 g/mol. The van der Waals surface area contributed by atoms with Crippen molar-refractivity contribution in [3.63, 3.8) is 0 Å².